The molecule has 0 aliphatic carbocycles. The van der Waals surface area contributed by atoms with Crippen LogP contribution in [-0.2, 0) is 4.74 Å². The third kappa shape index (κ3) is 3.52. The van der Waals surface area contributed by atoms with Crippen molar-refractivity contribution in [3.63, 3.8) is 0 Å². The molecule has 0 atom stereocenters. The summed E-state index contributed by atoms with van der Waals surface area (Å²) in [5, 5.41) is 1.13. The molecule has 20 heavy (non-hydrogen) atoms. The number of alkyl halides is 3. The first-order valence-corrected chi connectivity index (χ1v) is 6.19. The molecular weight excluding hydrogens is 295 g/mol. The van der Waals surface area contributed by atoms with Gasteiger partial charge in [-0.2, -0.15) is 13.2 Å². The molecule has 2 rings (SSSR count). The molecule has 1 aromatic heterocycles. The van der Waals surface area contributed by atoms with E-state index in [2.05, 4.69) is 9.72 Å². The number of hydrogen-bond donors (Lipinski definition) is 1. The van der Waals surface area contributed by atoms with Gasteiger partial charge in [0.25, 0.3) is 0 Å². The van der Waals surface area contributed by atoms with Crippen LogP contribution in [-0.4, -0.2) is 30.2 Å². The summed E-state index contributed by atoms with van der Waals surface area (Å²) in [6.07, 6.45) is -2.99. The monoisotopic (exact) mass is 305 g/mol. The molecule has 0 saturated heterocycles. The average molecular weight is 306 g/mol. The Bertz CT molecular complexity index is 622. The lowest BCUT2D eigenvalue weighted by molar-refractivity contribution is -0.173. The molecule has 0 radical (unpaired) electrons. The van der Waals surface area contributed by atoms with E-state index in [1.54, 1.807) is 18.2 Å². The van der Waals surface area contributed by atoms with Gasteiger partial charge in [0.05, 0.1) is 17.1 Å². The van der Waals surface area contributed by atoms with E-state index < -0.39 is 12.8 Å². The van der Waals surface area contributed by atoms with Gasteiger partial charge in [-0.05, 0) is 6.07 Å². The Hall–Kier alpha value is -1.53. The molecule has 1 heterocycles. The van der Waals surface area contributed by atoms with Crippen LogP contribution in [0.1, 0.15) is 16.8 Å². The van der Waals surface area contributed by atoms with Gasteiger partial charge in [-0.1, -0.05) is 23.7 Å². The van der Waals surface area contributed by atoms with Crippen molar-refractivity contribution in [2.45, 2.75) is 12.6 Å². The van der Waals surface area contributed by atoms with Crippen LogP contribution in [0.4, 0.5) is 13.2 Å². The van der Waals surface area contributed by atoms with Crippen molar-refractivity contribution in [3.05, 3.63) is 35.0 Å². The van der Waals surface area contributed by atoms with E-state index in [0.717, 1.165) is 0 Å². The second-order valence-electron chi connectivity index (χ2n) is 4.21. The number of fused-ring (bicyclic) bond motifs is 1. The van der Waals surface area contributed by atoms with Gasteiger partial charge in [0, 0.05) is 23.6 Å². The number of benzene rings is 1. The standard InChI is InChI=1S/C13H11ClF3NO2/c14-10-3-1-2-8-9(6-18-12(8)10)11(19)4-5-20-7-13(15,16)17/h1-3,6,18H,4-5,7H2. The highest BCUT2D eigenvalue weighted by molar-refractivity contribution is 6.35. The summed E-state index contributed by atoms with van der Waals surface area (Å²) in [4.78, 5) is 14.8. The minimum atomic E-state index is -4.38. The number of ether oxygens (including phenoxy) is 1. The summed E-state index contributed by atoms with van der Waals surface area (Å²) in [5.74, 6) is -0.291. The fourth-order valence-corrected chi connectivity index (χ4v) is 2.06. The minimum Gasteiger partial charge on any atom is -0.372 e. The van der Waals surface area contributed by atoms with Gasteiger partial charge >= 0.3 is 6.18 Å². The van der Waals surface area contributed by atoms with Crippen molar-refractivity contribution in [1.82, 2.24) is 4.98 Å². The molecule has 0 spiro atoms. The maximum atomic E-state index is 11.9. The smallest absolute Gasteiger partial charge is 0.372 e. The van der Waals surface area contributed by atoms with E-state index in [0.29, 0.717) is 21.5 Å². The molecule has 3 nitrogen and oxygen atoms in total. The number of ketones is 1. The molecule has 0 saturated carbocycles. The fraction of sp³-hybridized carbons (Fsp3) is 0.308. The topological polar surface area (TPSA) is 42.1 Å². The molecule has 0 fully saturated rings. The van der Waals surface area contributed by atoms with Gasteiger partial charge in [0.15, 0.2) is 5.78 Å². The van der Waals surface area contributed by atoms with Crippen molar-refractivity contribution in [1.29, 1.82) is 0 Å². The Morgan fingerprint density at radius 2 is 2.10 bits per heavy atom. The zero-order valence-corrected chi connectivity index (χ0v) is 11.0. The van der Waals surface area contributed by atoms with E-state index in [9.17, 15) is 18.0 Å². The number of halogens is 4. The Morgan fingerprint density at radius 1 is 1.35 bits per heavy atom. The van der Waals surface area contributed by atoms with Gasteiger partial charge in [-0.15, -0.1) is 0 Å². The third-order valence-corrected chi connectivity index (χ3v) is 3.02. The second kappa shape index (κ2) is 5.85. The van der Waals surface area contributed by atoms with E-state index >= 15 is 0 Å². The largest absolute Gasteiger partial charge is 0.411 e. The van der Waals surface area contributed by atoms with Crippen LogP contribution in [0.3, 0.4) is 0 Å². The fourth-order valence-electron chi connectivity index (χ4n) is 1.84. The first kappa shape index (κ1) is 14.9. The highest BCUT2D eigenvalue weighted by atomic mass is 35.5. The molecule has 2 aromatic rings. The summed E-state index contributed by atoms with van der Waals surface area (Å²) < 4.78 is 40.1. The summed E-state index contributed by atoms with van der Waals surface area (Å²) in [5.41, 5.74) is 1.03. The molecular formula is C13H11ClF3NO2. The number of aromatic nitrogens is 1. The lowest BCUT2D eigenvalue weighted by Gasteiger charge is -2.06. The Labute approximate surface area is 117 Å². The van der Waals surface area contributed by atoms with E-state index in [1.165, 1.54) is 6.20 Å². The predicted molar refractivity (Wildman–Crippen MR) is 69.1 cm³/mol. The van der Waals surface area contributed by atoms with Crippen LogP contribution in [0.15, 0.2) is 24.4 Å². The van der Waals surface area contributed by atoms with Gasteiger partial charge in [0.2, 0.25) is 0 Å². The van der Waals surface area contributed by atoms with Gasteiger partial charge in [-0.3, -0.25) is 4.79 Å². The number of para-hydroxylation sites is 1. The average Bonchev–Trinajstić information content (AvgIpc) is 2.78. The predicted octanol–water partition coefficient (Wildman–Crippen LogP) is 3.97. The van der Waals surface area contributed by atoms with Crippen LogP contribution in [0.5, 0.6) is 0 Å². The molecule has 7 heteroatoms. The lowest BCUT2D eigenvalue weighted by atomic mass is 10.1. The van der Waals surface area contributed by atoms with Crippen LogP contribution >= 0.6 is 11.6 Å². The summed E-state index contributed by atoms with van der Waals surface area (Å²) >= 11 is 5.96. The molecule has 0 amide bonds. The first-order valence-electron chi connectivity index (χ1n) is 5.82. The number of hydrogen-bond acceptors (Lipinski definition) is 2. The van der Waals surface area contributed by atoms with Crippen molar-refractivity contribution in [2.24, 2.45) is 0 Å². The number of H-pyrrole nitrogens is 1. The first-order chi connectivity index (χ1) is 9.38. The number of carbonyl (C=O) groups excluding carboxylic acids is 1. The van der Waals surface area contributed by atoms with Crippen LogP contribution in [0, 0.1) is 0 Å². The van der Waals surface area contributed by atoms with Crippen LogP contribution in [0.2, 0.25) is 5.02 Å². The summed E-state index contributed by atoms with van der Waals surface area (Å²) in [6.45, 7) is -1.62. The molecule has 0 aliphatic rings. The quantitative estimate of drug-likeness (QED) is 0.671. The molecule has 1 N–H and O–H groups in total. The Balaban J connectivity index is 2.00. The number of aromatic amines is 1. The van der Waals surface area contributed by atoms with Crippen molar-refractivity contribution in [3.8, 4) is 0 Å². The number of rotatable bonds is 5. The number of nitrogens with one attached hydrogen (secondary N) is 1. The Kier molecular flexibility index (Phi) is 4.35. The van der Waals surface area contributed by atoms with E-state index in [-0.39, 0.29) is 18.8 Å². The van der Waals surface area contributed by atoms with Gasteiger partial charge in [-0.25, -0.2) is 0 Å². The lowest BCUT2D eigenvalue weighted by Crippen LogP contribution is -2.18. The molecule has 108 valence electrons. The van der Waals surface area contributed by atoms with E-state index in [1.807, 2.05) is 0 Å². The highest BCUT2D eigenvalue weighted by Crippen LogP contribution is 2.26. The normalized spacial score (nSPS) is 12.0. The van der Waals surface area contributed by atoms with Crippen LogP contribution in [0.25, 0.3) is 10.9 Å². The zero-order chi connectivity index (χ0) is 14.8. The highest BCUT2D eigenvalue weighted by Gasteiger charge is 2.27. The third-order valence-electron chi connectivity index (χ3n) is 2.70. The minimum absolute atomic E-state index is 0.116. The zero-order valence-electron chi connectivity index (χ0n) is 10.3. The number of carbonyl (C=O) groups is 1. The maximum Gasteiger partial charge on any atom is 0.411 e. The Morgan fingerprint density at radius 3 is 2.80 bits per heavy atom. The summed E-state index contributed by atoms with van der Waals surface area (Å²) in [7, 11) is 0. The molecule has 0 bridgehead atoms. The second-order valence-corrected chi connectivity index (χ2v) is 4.61. The maximum absolute atomic E-state index is 11.9. The molecule has 0 unspecified atom stereocenters. The number of Topliss-reactive ketones (excluding diaryl/α,β-unsaturated/α-hetero) is 1. The van der Waals surface area contributed by atoms with Crippen molar-refractivity contribution < 1.29 is 22.7 Å². The van der Waals surface area contributed by atoms with Crippen molar-refractivity contribution in [2.75, 3.05) is 13.2 Å². The van der Waals surface area contributed by atoms with E-state index in [4.69, 9.17) is 11.6 Å². The molecule has 1 aromatic carbocycles. The summed E-state index contributed by atoms with van der Waals surface area (Å²) in [6, 6.07) is 5.11. The van der Waals surface area contributed by atoms with Crippen LogP contribution < -0.4 is 0 Å². The SMILES string of the molecule is O=C(CCOCC(F)(F)F)c1c[nH]c2c(Cl)cccc12. The van der Waals surface area contributed by atoms with Gasteiger partial charge in [0.1, 0.15) is 6.61 Å². The van der Waals surface area contributed by atoms with Gasteiger partial charge < -0.3 is 9.72 Å². The molecule has 0 aliphatic heterocycles. The van der Waals surface area contributed by atoms with Crippen molar-refractivity contribution >= 4 is 28.3 Å².